The largest absolute Gasteiger partial charge is 0.130 e. The van der Waals surface area contributed by atoms with Crippen LogP contribution in [0.3, 0.4) is 0 Å². The molecule has 0 N–H and O–H groups in total. The number of rotatable bonds is 0. The summed E-state index contributed by atoms with van der Waals surface area (Å²) in [5, 5.41) is 0. The van der Waals surface area contributed by atoms with Crippen molar-refractivity contribution in [2.45, 2.75) is 80.8 Å². The lowest BCUT2D eigenvalue weighted by atomic mass is 9.97. The van der Waals surface area contributed by atoms with Crippen LogP contribution >= 0.6 is 0 Å². The normalized spacial score (nSPS) is 10.8. The van der Waals surface area contributed by atoms with Gasteiger partial charge in [-0.3, -0.25) is 0 Å². The first-order chi connectivity index (χ1) is 10.4. The van der Waals surface area contributed by atoms with Gasteiger partial charge in [-0.2, -0.15) is 0 Å². The second-order valence-corrected chi connectivity index (χ2v) is 19.5. The monoisotopic (exact) mass is 356 g/mol. The molecule has 24 heavy (non-hydrogen) atoms. The number of hydrogen-bond donors (Lipinski definition) is 0. The third-order valence-corrected chi connectivity index (χ3v) is 3.62. The first-order valence-electron chi connectivity index (χ1n) is 8.50. The van der Waals surface area contributed by atoms with Crippen molar-refractivity contribution in [2.24, 2.45) is 10.8 Å². The van der Waals surface area contributed by atoms with Crippen molar-refractivity contribution in [3.8, 4) is 46.6 Å². The van der Waals surface area contributed by atoms with Crippen LogP contribution in [-0.2, 0) is 0 Å². The summed E-state index contributed by atoms with van der Waals surface area (Å²) in [6.07, 6.45) is 0. The van der Waals surface area contributed by atoms with Crippen molar-refractivity contribution in [1.29, 1.82) is 0 Å². The van der Waals surface area contributed by atoms with Crippen LogP contribution in [0, 0.1) is 57.4 Å². The van der Waals surface area contributed by atoms with Gasteiger partial charge in [0.05, 0.1) is 0 Å². The van der Waals surface area contributed by atoms with Crippen LogP contribution in [0.1, 0.15) is 41.5 Å². The Morgan fingerprint density at radius 1 is 0.458 bits per heavy atom. The fraction of sp³-hybridized carbons (Fsp3) is 0.636. The number of hydrogen-bond acceptors (Lipinski definition) is 0. The van der Waals surface area contributed by atoms with Crippen molar-refractivity contribution in [1.82, 2.24) is 0 Å². The maximum Gasteiger partial charge on any atom is 0.130 e. The molecule has 132 valence electrons. The summed E-state index contributed by atoms with van der Waals surface area (Å²) >= 11 is 0. The van der Waals surface area contributed by atoms with Gasteiger partial charge in [0.15, 0.2) is 0 Å². The van der Waals surface area contributed by atoms with Gasteiger partial charge in [-0.1, -0.05) is 51.1 Å². The van der Waals surface area contributed by atoms with Crippen LogP contribution in [0.5, 0.6) is 0 Å². The van der Waals surface area contributed by atoms with E-state index in [9.17, 15) is 0 Å². The van der Waals surface area contributed by atoms with Crippen LogP contribution in [-0.4, -0.2) is 16.1 Å². The van der Waals surface area contributed by atoms with Gasteiger partial charge in [0.25, 0.3) is 0 Å². The van der Waals surface area contributed by atoms with Gasteiger partial charge in [0.2, 0.25) is 0 Å². The quantitative estimate of drug-likeness (QED) is 0.378. The molecule has 0 bridgehead atoms. The zero-order valence-corrected chi connectivity index (χ0v) is 20.0. The van der Waals surface area contributed by atoms with Gasteiger partial charge >= 0.3 is 0 Å². The lowest BCUT2D eigenvalue weighted by Gasteiger charge is -2.06. The van der Waals surface area contributed by atoms with E-state index in [1.165, 1.54) is 0 Å². The smallest absolute Gasteiger partial charge is 0.118 e. The fourth-order valence-electron chi connectivity index (χ4n) is 0.875. The standard InChI is InChI=1S/C12H18.C10H18Si2/c2*1-11(2,3)9-7-8-10-12(4,5)6/h2*1-6H3. The Labute approximate surface area is 154 Å². The van der Waals surface area contributed by atoms with Gasteiger partial charge in [-0.15, -0.1) is 11.1 Å². The highest BCUT2D eigenvalue weighted by Crippen LogP contribution is 2.10. The fourth-order valence-corrected chi connectivity index (χ4v) is 1.75. The second kappa shape index (κ2) is 9.85. The molecule has 0 aliphatic carbocycles. The Kier molecular flexibility index (Phi) is 10.2. The maximum atomic E-state index is 3.23. The summed E-state index contributed by atoms with van der Waals surface area (Å²) < 4.78 is 0. The molecule has 0 fully saturated rings. The molecule has 0 saturated carbocycles. The lowest BCUT2D eigenvalue weighted by molar-refractivity contribution is 0.569. The lowest BCUT2D eigenvalue weighted by Crippen LogP contribution is -2.17. The molecule has 0 radical (unpaired) electrons. The van der Waals surface area contributed by atoms with Crippen LogP contribution in [0.2, 0.25) is 39.3 Å². The minimum Gasteiger partial charge on any atom is -0.118 e. The molecule has 0 aromatic carbocycles. The Balaban J connectivity index is 0. The molecule has 0 aromatic rings. The Morgan fingerprint density at radius 2 is 0.708 bits per heavy atom. The zero-order chi connectivity index (χ0) is 19.7. The Morgan fingerprint density at radius 3 is 0.875 bits per heavy atom. The van der Waals surface area contributed by atoms with E-state index >= 15 is 0 Å². The van der Waals surface area contributed by atoms with Gasteiger partial charge < -0.3 is 0 Å². The molecule has 0 amide bonds. The molecule has 0 rings (SSSR count). The van der Waals surface area contributed by atoms with E-state index < -0.39 is 16.1 Å². The van der Waals surface area contributed by atoms with Crippen LogP contribution in [0.25, 0.3) is 0 Å². The third kappa shape index (κ3) is 28.8. The second-order valence-electron chi connectivity index (χ2n) is 10.0. The molecule has 0 heterocycles. The minimum atomic E-state index is -1.20. The molecule has 0 nitrogen and oxygen atoms in total. The maximum absolute atomic E-state index is 3.23. The van der Waals surface area contributed by atoms with Crippen molar-refractivity contribution < 1.29 is 0 Å². The highest BCUT2D eigenvalue weighted by Gasteiger charge is 2.08. The summed E-state index contributed by atoms with van der Waals surface area (Å²) in [6, 6.07) is 0. The van der Waals surface area contributed by atoms with Gasteiger partial charge in [-0.25, -0.2) is 0 Å². The molecule has 2 heteroatoms. The van der Waals surface area contributed by atoms with Crippen LogP contribution < -0.4 is 0 Å². The van der Waals surface area contributed by atoms with Crippen LogP contribution in [0.15, 0.2) is 0 Å². The highest BCUT2D eigenvalue weighted by molar-refractivity contribution is 6.84. The first-order valence-corrected chi connectivity index (χ1v) is 15.5. The van der Waals surface area contributed by atoms with Gasteiger partial charge in [-0.05, 0) is 65.2 Å². The van der Waals surface area contributed by atoms with E-state index in [2.05, 4.69) is 127 Å². The molecule has 0 unspecified atom stereocenters. The predicted octanol–water partition coefficient (Wildman–Crippen LogP) is 5.83. The summed E-state index contributed by atoms with van der Waals surface area (Å²) in [6.45, 7) is 25.9. The van der Waals surface area contributed by atoms with Crippen molar-refractivity contribution in [3.05, 3.63) is 0 Å². The van der Waals surface area contributed by atoms with E-state index in [-0.39, 0.29) is 10.8 Å². The van der Waals surface area contributed by atoms with Crippen molar-refractivity contribution in [2.75, 3.05) is 0 Å². The van der Waals surface area contributed by atoms with Crippen LogP contribution in [0.4, 0.5) is 0 Å². The predicted molar refractivity (Wildman–Crippen MR) is 117 cm³/mol. The summed E-state index contributed by atoms with van der Waals surface area (Å²) in [5.74, 6) is 17.8. The van der Waals surface area contributed by atoms with Crippen molar-refractivity contribution >= 4 is 16.1 Å². The summed E-state index contributed by atoms with van der Waals surface area (Å²) in [5.41, 5.74) is 6.59. The van der Waals surface area contributed by atoms with E-state index in [1.54, 1.807) is 0 Å². The summed E-state index contributed by atoms with van der Waals surface area (Å²) in [4.78, 5) is 0. The van der Waals surface area contributed by atoms with E-state index in [1.807, 2.05) is 0 Å². The highest BCUT2D eigenvalue weighted by atomic mass is 28.3. The Hall–Kier alpha value is -1.33. The molecular formula is C22H36Si2. The first kappa shape index (κ1) is 24.9. The van der Waals surface area contributed by atoms with Gasteiger partial charge in [0, 0.05) is 10.8 Å². The van der Waals surface area contributed by atoms with E-state index in [0.29, 0.717) is 0 Å². The topological polar surface area (TPSA) is 0 Å². The Bertz CT molecular complexity index is 504. The zero-order valence-electron chi connectivity index (χ0n) is 18.0. The minimum absolute atomic E-state index is 0.0621. The van der Waals surface area contributed by atoms with E-state index in [4.69, 9.17) is 0 Å². The molecule has 0 aliphatic heterocycles. The molecule has 0 aromatic heterocycles. The average Bonchev–Trinajstić information content (AvgIpc) is 2.27. The third-order valence-electron chi connectivity index (χ3n) is 1.88. The molecular weight excluding hydrogens is 320 g/mol. The average molecular weight is 357 g/mol. The molecule has 0 saturated heterocycles. The molecule has 0 aliphatic rings. The SMILES string of the molecule is CC(C)(C)C#CC#CC(C)(C)C.C[Si](C)(C)C#CC#C[Si](C)(C)C. The van der Waals surface area contributed by atoms with E-state index in [0.717, 1.165) is 0 Å². The van der Waals surface area contributed by atoms with Crippen molar-refractivity contribution in [3.63, 3.8) is 0 Å². The summed E-state index contributed by atoms with van der Waals surface area (Å²) in [7, 11) is -2.40. The molecule has 0 atom stereocenters. The van der Waals surface area contributed by atoms with Gasteiger partial charge in [0.1, 0.15) is 16.1 Å². The molecule has 0 spiro atoms.